The Balaban J connectivity index is 1.87. The van der Waals surface area contributed by atoms with Gasteiger partial charge in [0.25, 0.3) is 0 Å². The average molecular weight is 394 g/mol. The number of fused-ring (bicyclic) bond motifs is 2. The van der Waals surface area contributed by atoms with Crippen molar-refractivity contribution in [3.63, 3.8) is 0 Å². The Labute approximate surface area is 173 Å². The summed E-state index contributed by atoms with van der Waals surface area (Å²) in [6.45, 7) is 0. The quantitative estimate of drug-likeness (QED) is 0.363. The Bertz CT molecular complexity index is 1370. The van der Waals surface area contributed by atoms with Crippen LogP contribution >= 0.6 is 0 Å². The minimum Gasteiger partial charge on any atom is -0.507 e. The lowest BCUT2D eigenvalue weighted by Crippen LogP contribution is -2.03. The van der Waals surface area contributed by atoms with Crippen molar-refractivity contribution >= 4 is 21.5 Å². The van der Waals surface area contributed by atoms with Gasteiger partial charge in [0.2, 0.25) is 0 Å². The van der Waals surface area contributed by atoms with Gasteiger partial charge in [0.15, 0.2) is 0 Å². The molecule has 0 fully saturated rings. The van der Waals surface area contributed by atoms with Gasteiger partial charge in [0.1, 0.15) is 17.7 Å². The van der Waals surface area contributed by atoms with Crippen LogP contribution in [0.1, 0.15) is 17.2 Å². The molecular formula is C27H19FO2. The van der Waals surface area contributed by atoms with Crippen LogP contribution in [0.2, 0.25) is 0 Å². The molecule has 2 N–H and O–H groups in total. The summed E-state index contributed by atoms with van der Waals surface area (Å²) in [4.78, 5) is 0. The molecule has 30 heavy (non-hydrogen) atoms. The maximum atomic E-state index is 13.4. The predicted molar refractivity (Wildman–Crippen MR) is 119 cm³/mol. The zero-order chi connectivity index (χ0) is 20.7. The topological polar surface area (TPSA) is 40.5 Å². The number of phenols is 1. The summed E-state index contributed by atoms with van der Waals surface area (Å²) in [7, 11) is 0. The Morgan fingerprint density at radius 1 is 0.600 bits per heavy atom. The Morgan fingerprint density at radius 2 is 1.17 bits per heavy atom. The number of hydrogen-bond acceptors (Lipinski definition) is 2. The van der Waals surface area contributed by atoms with Crippen LogP contribution in [-0.2, 0) is 0 Å². The minimum absolute atomic E-state index is 0.151. The normalized spacial score (nSPS) is 12.3. The molecule has 5 rings (SSSR count). The molecule has 0 amide bonds. The Kier molecular flexibility index (Phi) is 4.46. The molecule has 0 heterocycles. The lowest BCUT2D eigenvalue weighted by molar-refractivity contribution is 0.221. The second kappa shape index (κ2) is 7.29. The summed E-state index contributed by atoms with van der Waals surface area (Å²) >= 11 is 0. The fourth-order valence-corrected chi connectivity index (χ4v) is 4.14. The van der Waals surface area contributed by atoms with Crippen molar-refractivity contribution in [1.82, 2.24) is 0 Å². The monoisotopic (exact) mass is 394 g/mol. The molecule has 0 aromatic heterocycles. The number of phenolic OH excluding ortho intramolecular Hbond substituents is 1. The highest BCUT2D eigenvalue weighted by Gasteiger charge is 2.21. The lowest BCUT2D eigenvalue weighted by atomic mass is 9.86. The third-order valence-electron chi connectivity index (χ3n) is 5.60. The first-order chi connectivity index (χ1) is 14.6. The van der Waals surface area contributed by atoms with E-state index in [9.17, 15) is 14.6 Å². The molecule has 0 aliphatic heterocycles. The van der Waals surface area contributed by atoms with E-state index in [0.717, 1.165) is 27.1 Å². The fourth-order valence-electron chi connectivity index (χ4n) is 4.14. The molecule has 0 saturated heterocycles. The maximum Gasteiger partial charge on any atom is 0.124 e. The van der Waals surface area contributed by atoms with Crippen LogP contribution in [0, 0.1) is 5.82 Å². The first kappa shape index (κ1) is 18.3. The molecule has 0 aliphatic rings. The second-order valence-corrected chi connectivity index (χ2v) is 7.39. The molecule has 0 aliphatic carbocycles. The van der Waals surface area contributed by atoms with E-state index in [1.54, 1.807) is 18.2 Å². The first-order valence-electron chi connectivity index (χ1n) is 9.80. The zero-order valence-electron chi connectivity index (χ0n) is 16.1. The molecule has 0 saturated carbocycles. The van der Waals surface area contributed by atoms with Gasteiger partial charge < -0.3 is 10.2 Å². The van der Waals surface area contributed by atoms with E-state index in [1.165, 1.54) is 12.1 Å². The molecular weight excluding hydrogens is 375 g/mol. The molecule has 1 unspecified atom stereocenters. The van der Waals surface area contributed by atoms with Gasteiger partial charge in [0, 0.05) is 5.56 Å². The number of halogens is 1. The van der Waals surface area contributed by atoms with E-state index in [0.29, 0.717) is 16.7 Å². The summed E-state index contributed by atoms with van der Waals surface area (Å²) in [6, 6.07) is 29.0. The third-order valence-corrected chi connectivity index (χ3v) is 5.60. The van der Waals surface area contributed by atoms with E-state index in [-0.39, 0.29) is 11.6 Å². The molecule has 5 aromatic carbocycles. The van der Waals surface area contributed by atoms with Crippen molar-refractivity contribution in [2.45, 2.75) is 6.10 Å². The van der Waals surface area contributed by atoms with Gasteiger partial charge in [-0.3, -0.25) is 0 Å². The van der Waals surface area contributed by atoms with Gasteiger partial charge in [-0.2, -0.15) is 0 Å². The molecule has 5 aromatic rings. The average Bonchev–Trinajstić information content (AvgIpc) is 2.79. The second-order valence-electron chi connectivity index (χ2n) is 7.39. The molecule has 3 heteroatoms. The maximum absolute atomic E-state index is 13.4. The van der Waals surface area contributed by atoms with E-state index in [4.69, 9.17) is 0 Å². The van der Waals surface area contributed by atoms with E-state index >= 15 is 0 Å². The van der Waals surface area contributed by atoms with Gasteiger partial charge >= 0.3 is 0 Å². The molecule has 1 atom stereocenters. The van der Waals surface area contributed by atoms with Crippen LogP contribution < -0.4 is 0 Å². The smallest absolute Gasteiger partial charge is 0.124 e. The number of aliphatic hydroxyl groups excluding tert-OH is 1. The number of benzene rings is 5. The van der Waals surface area contributed by atoms with Crippen molar-refractivity contribution in [3.8, 4) is 16.9 Å². The summed E-state index contributed by atoms with van der Waals surface area (Å²) in [5.74, 6) is -0.200. The van der Waals surface area contributed by atoms with E-state index in [2.05, 4.69) is 0 Å². The van der Waals surface area contributed by atoms with Gasteiger partial charge in [0.05, 0.1) is 0 Å². The van der Waals surface area contributed by atoms with E-state index < -0.39 is 6.10 Å². The highest BCUT2D eigenvalue weighted by atomic mass is 19.1. The Morgan fingerprint density at radius 3 is 1.83 bits per heavy atom. The Hall–Kier alpha value is -3.69. The fraction of sp³-hybridized carbons (Fsp3) is 0.0370. The van der Waals surface area contributed by atoms with Crippen molar-refractivity contribution in [1.29, 1.82) is 0 Å². The van der Waals surface area contributed by atoms with Crippen molar-refractivity contribution in [3.05, 3.63) is 114 Å². The zero-order valence-corrected chi connectivity index (χ0v) is 16.1. The molecule has 146 valence electrons. The van der Waals surface area contributed by atoms with Crippen LogP contribution in [0.15, 0.2) is 97.1 Å². The van der Waals surface area contributed by atoms with Gasteiger partial charge in [-0.1, -0.05) is 78.9 Å². The lowest BCUT2D eigenvalue weighted by Gasteiger charge is -2.20. The van der Waals surface area contributed by atoms with Crippen molar-refractivity contribution in [2.75, 3.05) is 0 Å². The predicted octanol–water partition coefficient (Wildman–Crippen LogP) is 6.59. The molecule has 2 nitrogen and oxygen atoms in total. The summed E-state index contributed by atoms with van der Waals surface area (Å²) in [5.41, 5.74) is 2.71. The van der Waals surface area contributed by atoms with Crippen molar-refractivity contribution < 1.29 is 14.6 Å². The highest BCUT2D eigenvalue weighted by molar-refractivity contribution is 6.08. The van der Waals surface area contributed by atoms with Crippen LogP contribution in [-0.4, -0.2) is 10.2 Å². The number of aromatic hydroxyl groups is 1. The SMILES string of the molecule is Oc1ccc2ccccc2c1-c1c(C(O)c2ccc(F)cc2)ccc2ccccc12. The molecule has 0 bridgehead atoms. The van der Waals surface area contributed by atoms with Crippen LogP contribution in [0.4, 0.5) is 4.39 Å². The molecule has 0 radical (unpaired) electrons. The van der Waals surface area contributed by atoms with Gasteiger partial charge in [-0.05, 0) is 56.4 Å². The molecule has 0 spiro atoms. The van der Waals surface area contributed by atoms with Gasteiger partial charge in [-0.15, -0.1) is 0 Å². The number of aliphatic hydroxyl groups is 1. The first-order valence-corrected chi connectivity index (χ1v) is 9.80. The van der Waals surface area contributed by atoms with Crippen molar-refractivity contribution in [2.24, 2.45) is 0 Å². The van der Waals surface area contributed by atoms with Crippen LogP contribution in [0.25, 0.3) is 32.7 Å². The number of hydrogen-bond donors (Lipinski definition) is 2. The highest BCUT2D eigenvalue weighted by Crippen LogP contribution is 2.44. The summed E-state index contributed by atoms with van der Waals surface area (Å²) in [5, 5.41) is 26.0. The summed E-state index contributed by atoms with van der Waals surface area (Å²) < 4.78 is 13.4. The van der Waals surface area contributed by atoms with E-state index in [1.807, 2.05) is 66.7 Å². The minimum atomic E-state index is -0.969. The standard InChI is InChI=1S/C27H19FO2/c28-20-13-9-19(10-14-20)27(30)23-15-11-17-5-1-3-7-21(17)25(23)26-22-8-4-2-6-18(22)12-16-24(26)29/h1-16,27,29-30H. The van der Waals surface area contributed by atoms with Gasteiger partial charge in [-0.25, -0.2) is 4.39 Å². The third kappa shape index (κ3) is 3.00. The largest absolute Gasteiger partial charge is 0.507 e. The van der Waals surface area contributed by atoms with Crippen LogP contribution in [0.5, 0.6) is 5.75 Å². The number of rotatable bonds is 3. The van der Waals surface area contributed by atoms with Crippen LogP contribution in [0.3, 0.4) is 0 Å². The summed E-state index contributed by atoms with van der Waals surface area (Å²) in [6.07, 6.45) is -0.969.